The second-order valence-electron chi connectivity index (χ2n) is 4.00. The summed E-state index contributed by atoms with van der Waals surface area (Å²) in [5, 5.41) is 2.87. The largest absolute Gasteiger partial charge is 0.465 e. The molecule has 1 aromatic rings. The van der Waals surface area contributed by atoms with Gasteiger partial charge in [0.25, 0.3) is 0 Å². The average molecular weight is 301 g/mol. The summed E-state index contributed by atoms with van der Waals surface area (Å²) in [7, 11) is -2.05. The van der Waals surface area contributed by atoms with Crippen LogP contribution in [0.15, 0.2) is 18.2 Å². The van der Waals surface area contributed by atoms with Crippen LogP contribution in [0.25, 0.3) is 0 Å². The van der Waals surface area contributed by atoms with Crippen molar-refractivity contribution in [3.05, 3.63) is 23.8 Å². The fourth-order valence-electron chi connectivity index (χ4n) is 1.65. The van der Waals surface area contributed by atoms with Crippen LogP contribution in [-0.4, -0.2) is 40.3 Å². The molecule has 0 bridgehead atoms. The predicted molar refractivity (Wildman–Crippen MR) is 78.1 cm³/mol. The number of benzene rings is 1. The van der Waals surface area contributed by atoms with E-state index in [4.69, 9.17) is 5.73 Å². The molecule has 0 atom stereocenters. The minimum atomic E-state index is -3.32. The molecule has 0 saturated carbocycles. The van der Waals surface area contributed by atoms with Gasteiger partial charge in [-0.15, -0.1) is 0 Å². The number of carbonyl (C=O) groups is 1. The zero-order valence-corrected chi connectivity index (χ0v) is 12.3. The van der Waals surface area contributed by atoms with E-state index in [0.29, 0.717) is 17.9 Å². The number of para-hydroxylation sites is 1. The lowest BCUT2D eigenvalue weighted by Gasteiger charge is -2.13. The summed E-state index contributed by atoms with van der Waals surface area (Å²) in [5.74, 6) is -0.648. The second kappa shape index (κ2) is 7.11. The third-order valence-electron chi connectivity index (χ3n) is 2.54. The van der Waals surface area contributed by atoms with Crippen LogP contribution in [0.3, 0.4) is 0 Å². The van der Waals surface area contributed by atoms with Gasteiger partial charge in [-0.2, -0.15) is 0 Å². The molecule has 1 rings (SSSR count). The van der Waals surface area contributed by atoms with E-state index in [2.05, 4.69) is 14.8 Å². The SMILES string of the molecule is CCNS(=O)(=O)CCNc1c(N)cccc1C(=O)OC. The molecule has 0 unspecified atom stereocenters. The number of nitrogens with two attached hydrogens (primary N) is 1. The molecule has 1 aromatic carbocycles. The van der Waals surface area contributed by atoms with Gasteiger partial charge in [0, 0.05) is 13.1 Å². The van der Waals surface area contributed by atoms with E-state index in [-0.39, 0.29) is 17.9 Å². The van der Waals surface area contributed by atoms with Crippen molar-refractivity contribution in [1.82, 2.24) is 4.72 Å². The summed E-state index contributed by atoms with van der Waals surface area (Å²) in [5.41, 5.74) is 6.79. The molecule has 0 radical (unpaired) electrons. The van der Waals surface area contributed by atoms with Gasteiger partial charge in [0.15, 0.2) is 0 Å². The molecule has 0 aliphatic rings. The van der Waals surface area contributed by atoms with Gasteiger partial charge in [-0.25, -0.2) is 17.9 Å². The average Bonchev–Trinajstić information content (AvgIpc) is 2.39. The molecule has 4 N–H and O–H groups in total. The fourth-order valence-corrected chi connectivity index (χ4v) is 2.60. The Bertz CT molecular complexity index is 572. The number of anilines is 2. The van der Waals surface area contributed by atoms with Gasteiger partial charge in [-0.1, -0.05) is 13.0 Å². The Kier molecular flexibility index (Phi) is 5.78. The van der Waals surface area contributed by atoms with Gasteiger partial charge in [0.1, 0.15) is 0 Å². The number of nitrogens with one attached hydrogen (secondary N) is 2. The zero-order valence-electron chi connectivity index (χ0n) is 11.5. The summed E-state index contributed by atoms with van der Waals surface area (Å²) in [6.07, 6.45) is 0. The van der Waals surface area contributed by atoms with Crippen molar-refractivity contribution in [3.63, 3.8) is 0 Å². The monoisotopic (exact) mass is 301 g/mol. The summed E-state index contributed by atoms with van der Waals surface area (Å²) < 4.78 is 30.0. The summed E-state index contributed by atoms with van der Waals surface area (Å²) in [4.78, 5) is 11.6. The molecule has 0 heterocycles. The van der Waals surface area contributed by atoms with Crippen molar-refractivity contribution >= 4 is 27.4 Å². The summed E-state index contributed by atoms with van der Waals surface area (Å²) >= 11 is 0. The first kappa shape index (κ1) is 16.3. The fraction of sp³-hybridized carbons (Fsp3) is 0.417. The van der Waals surface area contributed by atoms with Crippen LogP contribution in [0.5, 0.6) is 0 Å². The Morgan fingerprint density at radius 2 is 2.10 bits per heavy atom. The smallest absolute Gasteiger partial charge is 0.340 e. The Morgan fingerprint density at radius 1 is 1.40 bits per heavy atom. The predicted octanol–water partition coefficient (Wildman–Crippen LogP) is 0.407. The molecular formula is C12H19N3O4S. The van der Waals surface area contributed by atoms with E-state index in [1.165, 1.54) is 7.11 Å². The quantitative estimate of drug-likeness (QED) is 0.497. The first-order valence-electron chi connectivity index (χ1n) is 6.09. The molecule has 7 nitrogen and oxygen atoms in total. The number of esters is 1. The Morgan fingerprint density at radius 3 is 2.70 bits per heavy atom. The maximum Gasteiger partial charge on any atom is 0.340 e. The van der Waals surface area contributed by atoms with E-state index in [0.717, 1.165) is 0 Å². The number of hydrogen-bond acceptors (Lipinski definition) is 6. The van der Waals surface area contributed by atoms with Crippen molar-refractivity contribution in [2.24, 2.45) is 0 Å². The number of hydrogen-bond donors (Lipinski definition) is 3. The first-order chi connectivity index (χ1) is 9.41. The van der Waals surface area contributed by atoms with Crippen LogP contribution in [0, 0.1) is 0 Å². The molecule has 112 valence electrons. The minimum absolute atomic E-state index is 0.115. The van der Waals surface area contributed by atoms with Crippen molar-refractivity contribution in [1.29, 1.82) is 0 Å². The highest BCUT2D eigenvalue weighted by molar-refractivity contribution is 7.89. The number of methoxy groups -OCH3 is 1. The Hall–Kier alpha value is -1.80. The van der Waals surface area contributed by atoms with E-state index in [9.17, 15) is 13.2 Å². The van der Waals surface area contributed by atoms with Crippen LogP contribution in [-0.2, 0) is 14.8 Å². The summed E-state index contributed by atoms with van der Waals surface area (Å²) in [6.45, 7) is 2.17. The normalized spacial score (nSPS) is 11.1. The van der Waals surface area contributed by atoms with Crippen molar-refractivity contribution in [3.8, 4) is 0 Å². The molecule has 0 amide bonds. The molecule has 0 aliphatic heterocycles. The van der Waals surface area contributed by atoms with E-state index < -0.39 is 16.0 Å². The topological polar surface area (TPSA) is 111 Å². The maximum atomic E-state index is 11.6. The van der Waals surface area contributed by atoms with Crippen molar-refractivity contribution < 1.29 is 17.9 Å². The summed E-state index contributed by atoms with van der Waals surface area (Å²) in [6, 6.07) is 4.80. The maximum absolute atomic E-state index is 11.6. The number of carbonyl (C=O) groups excluding carboxylic acids is 1. The van der Waals surface area contributed by atoms with Crippen LogP contribution in [0.4, 0.5) is 11.4 Å². The van der Waals surface area contributed by atoms with E-state index in [1.807, 2.05) is 0 Å². The molecular weight excluding hydrogens is 282 g/mol. The third kappa shape index (κ3) is 4.39. The number of nitrogen functional groups attached to an aromatic ring is 1. The van der Waals surface area contributed by atoms with Gasteiger partial charge in [-0.3, -0.25) is 0 Å². The molecule has 0 aromatic heterocycles. The zero-order chi connectivity index (χ0) is 15.2. The Balaban J connectivity index is 2.80. The van der Waals surface area contributed by atoms with Gasteiger partial charge in [0.05, 0.1) is 29.8 Å². The lowest BCUT2D eigenvalue weighted by Crippen LogP contribution is -2.29. The molecule has 20 heavy (non-hydrogen) atoms. The van der Waals surface area contributed by atoms with Gasteiger partial charge in [-0.05, 0) is 12.1 Å². The third-order valence-corrected chi connectivity index (χ3v) is 4.01. The first-order valence-corrected chi connectivity index (χ1v) is 7.74. The van der Waals surface area contributed by atoms with Crippen LogP contribution in [0.2, 0.25) is 0 Å². The standard InChI is InChI=1S/C12H19N3O4S/c1-3-15-20(17,18)8-7-14-11-9(12(16)19-2)5-4-6-10(11)13/h4-6,14-15H,3,7-8,13H2,1-2H3. The van der Waals surface area contributed by atoms with E-state index in [1.54, 1.807) is 25.1 Å². The molecule has 0 spiro atoms. The van der Waals surface area contributed by atoms with Crippen LogP contribution in [0.1, 0.15) is 17.3 Å². The number of rotatable bonds is 7. The van der Waals surface area contributed by atoms with Gasteiger partial charge in [0.2, 0.25) is 10.0 Å². The number of ether oxygens (including phenoxy) is 1. The highest BCUT2D eigenvalue weighted by Gasteiger charge is 2.15. The minimum Gasteiger partial charge on any atom is -0.465 e. The van der Waals surface area contributed by atoms with Crippen molar-refractivity contribution in [2.45, 2.75) is 6.92 Å². The molecule has 8 heteroatoms. The van der Waals surface area contributed by atoms with E-state index >= 15 is 0 Å². The molecule has 0 aliphatic carbocycles. The second-order valence-corrected chi connectivity index (χ2v) is 5.93. The van der Waals surface area contributed by atoms with Gasteiger partial charge < -0.3 is 15.8 Å². The number of sulfonamides is 1. The lowest BCUT2D eigenvalue weighted by atomic mass is 10.1. The lowest BCUT2D eigenvalue weighted by molar-refractivity contribution is 0.0602. The van der Waals surface area contributed by atoms with Crippen LogP contribution >= 0.6 is 0 Å². The highest BCUT2D eigenvalue weighted by Crippen LogP contribution is 2.23. The molecule has 0 saturated heterocycles. The van der Waals surface area contributed by atoms with Crippen molar-refractivity contribution in [2.75, 3.05) is 37.0 Å². The molecule has 0 fully saturated rings. The Labute approximate surface area is 118 Å². The van der Waals surface area contributed by atoms with Crippen LogP contribution < -0.4 is 15.8 Å². The van der Waals surface area contributed by atoms with Gasteiger partial charge >= 0.3 is 5.97 Å². The highest BCUT2D eigenvalue weighted by atomic mass is 32.2.